The van der Waals surface area contributed by atoms with Gasteiger partial charge in [0.15, 0.2) is 11.7 Å². The van der Waals surface area contributed by atoms with Crippen molar-refractivity contribution < 1.29 is 9.21 Å². The first-order valence-corrected chi connectivity index (χ1v) is 11.3. The van der Waals surface area contributed by atoms with E-state index in [0.29, 0.717) is 35.6 Å². The van der Waals surface area contributed by atoms with E-state index in [9.17, 15) is 4.79 Å². The molecule has 5 nitrogen and oxygen atoms in total. The summed E-state index contributed by atoms with van der Waals surface area (Å²) in [7, 11) is 0. The number of anilines is 1. The van der Waals surface area contributed by atoms with Gasteiger partial charge in [-0.15, -0.1) is 0 Å². The van der Waals surface area contributed by atoms with Gasteiger partial charge in [-0.25, -0.2) is 4.98 Å². The standard InChI is InChI=1S/C25H28ClN3O2/c1-18-6-4-5-15-29(18)17-19-9-11-20(12-10-19)28-24(30)13-14-25-27-16-23(31-25)21-7-2-3-8-22(21)26/h2-3,7-12,16,18H,4-6,13-15,17H2,1H3,(H,28,30). The Morgan fingerprint density at radius 1 is 1.19 bits per heavy atom. The topological polar surface area (TPSA) is 58.4 Å². The minimum Gasteiger partial charge on any atom is -0.441 e. The number of hydrogen-bond donors (Lipinski definition) is 1. The van der Waals surface area contributed by atoms with Crippen molar-refractivity contribution in [1.82, 2.24) is 9.88 Å². The van der Waals surface area contributed by atoms with Gasteiger partial charge in [0.25, 0.3) is 0 Å². The maximum absolute atomic E-state index is 12.4. The Labute approximate surface area is 188 Å². The van der Waals surface area contributed by atoms with Gasteiger partial charge in [-0.3, -0.25) is 9.69 Å². The van der Waals surface area contributed by atoms with Crippen LogP contribution in [0.3, 0.4) is 0 Å². The summed E-state index contributed by atoms with van der Waals surface area (Å²) in [6, 6.07) is 16.2. The highest BCUT2D eigenvalue weighted by Gasteiger charge is 2.18. The fourth-order valence-electron chi connectivity index (χ4n) is 3.98. The summed E-state index contributed by atoms with van der Waals surface area (Å²) < 4.78 is 5.77. The molecule has 0 bridgehead atoms. The van der Waals surface area contributed by atoms with Gasteiger partial charge in [0.2, 0.25) is 5.91 Å². The second-order valence-electron chi connectivity index (χ2n) is 8.16. The fourth-order valence-corrected chi connectivity index (χ4v) is 4.20. The zero-order valence-corrected chi connectivity index (χ0v) is 18.6. The number of hydrogen-bond acceptors (Lipinski definition) is 4. The molecule has 1 unspecified atom stereocenters. The lowest BCUT2D eigenvalue weighted by atomic mass is 10.0. The Balaban J connectivity index is 1.27. The van der Waals surface area contributed by atoms with Crippen molar-refractivity contribution in [2.24, 2.45) is 0 Å². The van der Waals surface area contributed by atoms with Gasteiger partial charge in [0, 0.05) is 36.7 Å². The SMILES string of the molecule is CC1CCCCN1Cc1ccc(NC(=O)CCc2ncc(-c3ccccc3Cl)o2)cc1. The van der Waals surface area contributed by atoms with Gasteiger partial charge in [-0.2, -0.15) is 0 Å². The van der Waals surface area contributed by atoms with Crippen LogP contribution in [0.4, 0.5) is 5.69 Å². The number of halogens is 1. The molecule has 1 aliphatic rings. The summed E-state index contributed by atoms with van der Waals surface area (Å²) in [4.78, 5) is 19.2. The number of aromatic nitrogens is 1. The molecule has 4 rings (SSSR count). The number of benzene rings is 2. The summed E-state index contributed by atoms with van der Waals surface area (Å²) in [6.07, 6.45) is 6.27. The number of oxazole rings is 1. The molecular formula is C25H28ClN3O2. The average Bonchev–Trinajstić information content (AvgIpc) is 3.24. The van der Waals surface area contributed by atoms with Crippen molar-refractivity contribution in [3.8, 4) is 11.3 Å². The average molecular weight is 438 g/mol. The highest BCUT2D eigenvalue weighted by Crippen LogP contribution is 2.28. The third kappa shape index (κ3) is 5.75. The van der Waals surface area contributed by atoms with Crippen LogP contribution in [-0.4, -0.2) is 28.4 Å². The van der Waals surface area contributed by atoms with Gasteiger partial charge in [-0.1, -0.05) is 42.3 Å². The summed E-state index contributed by atoms with van der Waals surface area (Å²) in [5.41, 5.74) is 2.88. The van der Waals surface area contributed by atoms with Crippen LogP contribution in [0.1, 0.15) is 44.1 Å². The van der Waals surface area contributed by atoms with E-state index < -0.39 is 0 Å². The lowest BCUT2D eigenvalue weighted by Crippen LogP contribution is -2.36. The van der Waals surface area contributed by atoms with E-state index in [2.05, 4.69) is 34.3 Å². The summed E-state index contributed by atoms with van der Waals surface area (Å²) >= 11 is 6.20. The van der Waals surface area contributed by atoms with E-state index in [4.69, 9.17) is 16.0 Å². The quantitative estimate of drug-likeness (QED) is 0.496. The summed E-state index contributed by atoms with van der Waals surface area (Å²) in [5, 5.41) is 3.57. The molecule has 1 aromatic heterocycles. The van der Waals surface area contributed by atoms with Crippen molar-refractivity contribution in [2.45, 2.75) is 51.6 Å². The zero-order valence-electron chi connectivity index (χ0n) is 17.8. The smallest absolute Gasteiger partial charge is 0.224 e. The maximum Gasteiger partial charge on any atom is 0.224 e. The first-order valence-electron chi connectivity index (χ1n) is 10.9. The van der Waals surface area contributed by atoms with Crippen LogP contribution in [0, 0.1) is 0 Å². The first-order chi connectivity index (χ1) is 15.1. The molecular weight excluding hydrogens is 410 g/mol. The molecule has 0 aliphatic carbocycles. The molecule has 1 N–H and O–H groups in total. The third-order valence-electron chi connectivity index (χ3n) is 5.82. The van der Waals surface area contributed by atoms with Crippen LogP contribution in [0.15, 0.2) is 59.1 Å². The van der Waals surface area contributed by atoms with Crippen molar-refractivity contribution in [3.63, 3.8) is 0 Å². The molecule has 1 fully saturated rings. The third-order valence-corrected chi connectivity index (χ3v) is 6.15. The molecule has 162 valence electrons. The molecule has 0 spiro atoms. The number of amides is 1. The lowest BCUT2D eigenvalue weighted by Gasteiger charge is -2.33. The number of nitrogens with one attached hydrogen (secondary N) is 1. The van der Waals surface area contributed by atoms with E-state index in [1.807, 2.05) is 36.4 Å². The molecule has 31 heavy (non-hydrogen) atoms. The normalized spacial score (nSPS) is 16.9. The number of carbonyl (C=O) groups excluding carboxylic acids is 1. The van der Waals surface area contributed by atoms with Gasteiger partial charge >= 0.3 is 0 Å². The Morgan fingerprint density at radius 2 is 2.00 bits per heavy atom. The molecule has 1 amide bonds. The van der Waals surface area contributed by atoms with E-state index in [1.165, 1.54) is 31.4 Å². The van der Waals surface area contributed by atoms with E-state index in [1.54, 1.807) is 6.20 Å². The number of likely N-dealkylation sites (tertiary alicyclic amines) is 1. The molecule has 1 saturated heterocycles. The Bertz CT molecular complexity index is 1020. The van der Waals surface area contributed by atoms with E-state index in [0.717, 1.165) is 17.8 Å². The largest absolute Gasteiger partial charge is 0.441 e. The molecule has 2 aromatic carbocycles. The van der Waals surface area contributed by atoms with Crippen molar-refractivity contribution >= 4 is 23.2 Å². The molecule has 0 radical (unpaired) electrons. The second-order valence-corrected chi connectivity index (χ2v) is 8.57. The summed E-state index contributed by atoms with van der Waals surface area (Å²) in [5.74, 6) is 1.07. The first kappa shape index (κ1) is 21.6. The Kier molecular flexibility index (Phi) is 7.05. The van der Waals surface area contributed by atoms with Crippen LogP contribution in [0.2, 0.25) is 5.02 Å². The minimum absolute atomic E-state index is 0.0603. The molecule has 6 heteroatoms. The number of piperidine rings is 1. The predicted octanol–water partition coefficient (Wildman–Crippen LogP) is 5.94. The predicted molar refractivity (Wildman–Crippen MR) is 124 cm³/mol. The van der Waals surface area contributed by atoms with Crippen LogP contribution < -0.4 is 5.32 Å². The van der Waals surface area contributed by atoms with Gasteiger partial charge in [0.1, 0.15) is 0 Å². The number of aryl methyl sites for hydroxylation is 1. The highest BCUT2D eigenvalue weighted by atomic mass is 35.5. The van der Waals surface area contributed by atoms with Crippen molar-refractivity contribution in [2.75, 3.05) is 11.9 Å². The lowest BCUT2D eigenvalue weighted by molar-refractivity contribution is -0.116. The van der Waals surface area contributed by atoms with Gasteiger partial charge < -0.3 is 9.73 Å². The van der Waals surface area contributed by atoms with Crippen LogP contribution >= 0.6 is 11.6 Å². The minimum atomic E-state index is -0.0603. The molecule has 2 heterocycles. The Hall–Kier alpha value is -2.63. The van der Waals surface area contributed by atoms with Gasteiger partial charge in [-0.05, 0) is 56.1 Å². The van der Waals surface area contributed by atoms with Crippen molar-refractivity contribution in [3.05, 3.63) is 71.2 Å². The molecule has 0 saturated carbocycles. The maximum atomic E-state index is 12.4. The second kappa shape index (κ2) is 10.1. The van der Waals surface area contributed by atoms with E-state index >= 15 is 0 Å². The van der Waals surface area contributed by atoms with E-state index in [-0.39, 0.29) is 5.91 Å². The number of carbonyl (C=O) groups is 1. The fraction of sp³-hybridized carbons (Fsp3) is 0.360. The highest BCUT2D eigenvalue weighted by molar-refractivity contribution is 6.33. The Morgan fingerprint density at radius 3 is 2.77 bits per heavy atom. The van der Waals surface area contributed by atoms with Crippen LogP contribution in [0.5, 0.6) is 0 Å². The van der Waals surface area contributed by atoms with Crippen LogP contribution in [-0.2, 0) is 17.8 Å². The molecule has 1 atom stereocenters. The molecule has 3 aromatic rings. The number of rotatable bonds is 7. The molecule has 1 aliphatic heterocycles. The van der Waals surface area contributed by atoms with Gasteiger partial charge in [0.05, 0.1) is 11.2 Å². The number of nitrogens with zero attached hydrogens (tertiary/aromatic N) is 2. The monoisotopic (exact) mass is 437 g/mol. The van der Waals surface area contributed by atoms with Crippen molar-refractivity contribution in [1.29, 1.82) is 0 Å². The zero-order chi connectivity index (χ0) is 21.6. The summed E-state index contributed by atoms with van der Waals surface area (Å²) in [6.45, 7) is 4.44. The van der Waals surface area contributed by atoms with Crippen LogP contribution in [0.25, 0.3) is 11.3 Å².